The van der Waals surface area contributed by atoms with E-state index < -0.39 is 0 Å². The molecule has 0 radical (unpaired) electrons. The molecular formula is C23H19N7S. The molecule has 0 saturated carbocycles. The fourth-order valence-corrected chi connectivity index (χ4v) is 5.17. The second-order valence-electron chi connectivity index (χ2n) is 7.50. The molecule has 3 aromatic heterocycles. The molecule has 0 amide bonds. The molecule has 0 aliphatic carbocycles. The maximum absolute atomic E-state index is 9.59. The highest BCUT2D eigenvalue weighted by Gasteiger charge is 2.22. The van der Waals surface area contributed by atoms with Crippen LogP contribution in [-0.2, 0) is 0 Å². The van der Waals surface area contributed by atoms with Crippen LogP contribution in [0.2, 0.25) is 0 Å². The third kappa shape index (κ3) is 3.36. The van der Waals surface area contributed by atoms with Crippen molar-refractivity contribution in [2.24, 2.45) is 0 Å². The van der Waals surface area contributed by atoms with Crippen LogP contribution in [0.4, 0.5) is 0 Å². The Kier molecular flexibility index (Phi) is 4.95. The van der Waals surface area contributed by atoms with Gasteiger partial charge in [0.2, 0.25) is 0 Å². The zero-order valence-corrected chi connectivity index (χ0v) is 17.7. The molecule has 1 aliphatic rings. The van der Waals surface area contributed by atoms with Crippen molar-refractivity contribution >= 4 is 17.3 Å². The summed E-state index contributed by atoms with van der Waals surface area (Å²) in [5, 5.41) is 31.6. The summed E-state index contributed by atoms with van der Waals surface area (Å²) in [5.74, 6) is 0. The third-order valence-electron chi connectivity index (χ3n) is 5.66. The molecule has 1 N–H and O–H groups in total. The lowest BCUT2D eigenvalue weighted by Crippen LogP contribution is -2.15. The van der Waals surface area contributed by atoms with Gasteiger partial charge >= 0.3 is 0 Å². The Bertz CT molecular complexity index is 1360. The number of hydrogen-bond acceptors (Lipinski definition) is 6. The predicted molar refractivity (Wildman–Crippen MR) is 118 cm³/mol. The Morgan fingerprint density at radius 3 is 2.71 bits per heavy atom. The van der Waals surface area contributed by atoms with Gasteiger partial charge in [0.05, 0.1) is 35.1 Å². The average molecular weight is 426 g/mol. The number of nitrogens with one attached hydrogen (secondary N) is 1. The van der Waals surface area contributed by atoms with E-state index in [4.69, 9.17) is 0 Å². The Balaban J connectivity index is 1.65. The number of pyridine rings is 1. The molecule has 152 valence electrons. The topological polar surface area (TPSA) is 94.7 Å². The Hall–Kier alpha value is -3.59. The minimum Gasteiger partial charge on any atom is -0.315 e. The smallest absolute Gasteiger partial charge is 0.103 e. The van der Waals surface area contributed by atoms with E-state index >= 15 is 0 Å². The van der Waals surface area contributed by atoms with Crippen LogP contribution in [0, 0.1) is 29.6 Å². The molecular weight excluding hydrogens is 406 g/mol. The maximum atomic E-state index is 9.59. The molecule has 1 atom stereocenters. The van der Waals surface area contributed by atoms with Crippen LogP contribution < -0.4 is 5.32 Å². The molecule has 7 nitrogen and oxygen atoms in total. The minimum absolute atomic E-state index is 0.365. The third-order valence-corrected chi connectivity index (χ3v) is 6.77. The lowest BCUT2D eigenvalue weighted by atomic mass is 10.1. The summed E-state index contributed by atoms with van der Waals surface area (Å²) in [7, 11) is 0. The first-order valence-electron chi connectivity index (χ1n) is 10.0. The highest BCUT2D eigenvalue weighted by atomic mass is 32.2. The Morgan fingerprint density at radius 2 is 1.94 bits per heavy atom. The SMILES string of the molecule is Cc1c(-c2cc(Sc3ccccc3C#N)c3c(C#N)cnn3c2)cnn1C1CCNC1. The van der Waals surface area contributed by atoms with E-state index in [0.29, 0.717) is 17.2 Å². The Labute approximate surface area is 183 Å². The van der Waals surface area contributed by atoms with Gasteiger partial charge < -0.3 is 5.32 Å². The number of nitrogens with zero attached hydrogens (tertiary/aromatic N) is 6. The molecule has 0 bridgehead atoms. The first kappa shape index (κ1) is 19.4. The second kappa shape index (κ2) is 7.92. The summed E-state index contributed by atoms with van der Waals surface area (Å²) in [5.41, 5.74) is 4.98. The average Bonchev–Trinajstić information content (AvgIpc) is 3.53. The van der Waals surface area contributed by atoms with E-state index in [1.165, 1.54) is 11.8 Å². The fraction of sp³-hybridized carbons (Fsp3) is 0.217. The summed E-state index contributed by atoms with van der Waals surface area (Å²) in [6, 6.07) is 14.4. The largest absolute Gasteiger partial charge is 0.315 e. The predicted octanol–water partition coefficient (Wildman–Crippen LogP) is 3.94. The van der Waals surface area contributed by atoms with E-state index in [1.807, 2.05) is 30.6 Å². The van der Waals surface area contributed by atoms with Crippen molar-refractivity contribution in [2.75, 3.05) is 13.1 Å². The van der Waals surface area contributed by atoms with Crippen LogP contribution in [-0.4, -0.2) is 32.5 Å². The molecule has 1 aliphatic heterocycles. The first-order chi connectivity index (χ1) is 15.2. The van der Waals surface area contributed by atoms with Crippen LogP contribution in [0.3, 0.4) is 0 Å². The van der Waals surface area contributed by atoms with Gasteiger partial charge in [0, 0.05) is 39.4 Å². The molecule has 1 fully saturated rings. The summed E-state index contributed by atoms with van der Waals surface area (Å²) >= 11 is 1.48. The van der Waals surface area contributed by atoms with Crippen LogP contribution in [0.5, 0.6) is 0 Å². The number of fused-ring (bicyclic) bond motifs is 1. The standard InChI is InChI=1S/C23H19N7S/c1-15-20(13-28-30(15)19-6-7-26-12-19)17-8-22(23-18(10-25)11-27-29(23)14-17)31-21-5-3-2-4-16(21)9-24/h2-5,8,11,13-14,19,26H,6-7,12H2,1H3. The number of aromatic nitrogens is 4. The van der Waals surface area contributed by atoms with Gasteiger partial charge in [-0.2, -0.15) is 20.7 Å². The zero-order chi connectivity index (χ0) is 21.4. The van der Waals surface area contributed by atoms with Crippen LogP contribution >= 0.6 is 11.8 Å². The minimum atomic E-state index is 0.365. The molecule has 0 spiro atoms. The van der Waals surface area contributed by atoms with Gasteiger partial charge in [-0.1, -0.05) is 23.9 Å². The molecule has 1 unspecified atom stereocenters. The number of rotatable bonds is 4. The first-order valence-corrected chi connectivity index (χ1v) is 10.8. The van der Waals surface area contributed by atoms with Crippen molar-refractivity contribution in [3.8, 4) is 23.3 Å². The zero-order valence-electron chi connectivity index (χ0n) is 16.9. The van der Waals surface area contributed by atoms with Crippen LogP contribution in [0.1, 0.15) is 29.3 Å². The fourth-order valence-electron chi connectivity index (χ4n) is 4.08. The second-order valence-corrected chi connectivity index (χ2v) is 8.58. The van der Waals surface area contributed by atoms with Crippen LogP contribution in [0.25, 0.3) is 16.6 Å². The highest BCUT2D eigenvalue weighted by Crippen LogP contribution is 2.37. The molecule has 1 saturated heterocycles. The lowest BCUT2D eigenvalue weighted by molar-refractivity contribution is 0.480. The van der Waals surface area contributed by atoms with Crippen molar-refractivity contribution in [1.29, 1.82) is 10.5 Å². The van der Waals surface area contributed by atoms with Crippen molar-refractivity contribution in [2.45, 2.75) is 29.2 Å². The van der Waals surface area contributed by atoms with Crippen molar-refractivity contribution < 1.29 is 0 Å². The molecule has 8 heteroatoms. The maximum Gasteiger partial charge on any atom is 0.103 e. The molecule has 1 aromatic carbocycles. The summed E-state index contributed by atoms with van der Waals surface area (Å²) in [4.78, 5) is 1.72. The monoisotopic (exact) mass is 425 g/mol. The van der Waals surface area contributed by atoms with E-state index in [2.05, 4.69) is 45.3 Å². The Morgan fingerprint density at radius 1 is 1.10 bits per heavy atom. The molecule has 4 heterocycles. The summed E-state index contributed by atoms with van der Waals surface area (Å²) in [6.07, 6.45) is 6.50. The molecule has 4 aromatic rings. The van der Waals surface area contributed by atoms with Crippen molar-refractivity contribution in [3.05, 3.63) is 65.7 Å². The van der Waals surface area contributed by atoms with Gasteiger partial charge in [-0.3, -0.25) is 4.68 Å². The van der Waals surface area contributed by atoms with Gasteiger partial charge in [0.1, 0.15) is 12.1 Å². The normalized spacial score (nSPS) is 15.8. The van der Waals surface area contributed by atoms with E-state index in [9.17, 15) is 10.5 Å². The van der Waals surface area contributed by atoms with Gasteiger partial charge in [-0.25, -0.2) is 4.52 Å². The number of hydrogen-bond donors (Lipinski definition) is 1. The van der Waals surface area contributed by atoms with Crippen LogP contribution in [0.15, 0.2) is 58.7 Å². The molecule has 31 heavy (non-hydrogen) atoms. The van der Waals surface area contributed by atoms with Gasteiger partial charge in [-0.15, -0.1) is 0 Å². The van der Waals surface area contributed by atoms with E-state index in [1.54, 1.807) is 16.8 Å². The summed E-state index contributed by atoms with van der Waals surface area (Å²) in [6.45, 7) is 4.03. The molecule has 5 rings (SSSR count). The number of benzene rings is 1. The highest BCUT2D eigenvalue weighted by molar-refractivity contribution is 7.99. The quantitative estimate of drug-likeness (QED) is 0.532. The van der Waals surface area contributed by atoms with Gasteiger partial charge in [-0.05, 0) is 38.1 Å². The van der Waals surface area contributed by atoms with Crippen molar-refractivity contribution in [1.82, 2.24) is 24.7 Å². The van der Waals surface area contributed by atoms with E-state index in [0.717, 1.165) is 51.6 Å². The van der Waals surface area contributed by atoms with Crippen molar-refractivity contribution in [3.63, 3.8) is 0 Å². The van der Waals surface area contributed by atoms with Gasteiger partial charge in [0.15, 0.2) is 0 Å². The lowest BCUT2D eigenvalue weighted by Gasteiger charge is -2.13. The van der Waals surface area contributed by atoms with Gasteiger partial charge in [0.25, 0.3) is 0 Å². The summed E-state index contributed by atoms with van der Waals surface area (Å²) < 4.78 is 3.85. The number of nitriles is 2. The van der Waals surface area contributed by atoms with E-state index in [-0.39, 0.29) is 0 Å².